The molecule has 0 unspecified atom stereocenters. The van der Waals surface area contributed by atoms with Crippen molar-refractivity contribution in [2.75, 3.05) is 19.5 Å². The lowest BCUT2D eigenvalue weighted by molar-refractivity contribution is -0.149. The van der Waals surface area contributed by atoms with Crippen LogP contribution in [0.4, 0.5) is 5.82 Å². The largest absolute Gasteiger partial charge is 0.497 e. The predicted octanol–water partition coefficient (Wildman–Crippen LogP) is 2.55. The Balaban J connectivity index is 1.25. The molecule has 0 aliphatic carbocycles. The van der Waals surface area contributed by atoms with E-state index in [1.54, 1.807) is 55.5 Å². The molecule has 1 fully saturated rings. The maximum atomic E-state index is 13.6. The van der Waals surface area contributed by atoms with E-state index in [0.29, 0.717) is 44.0 Å². The van der Waals surface area contributed by atoms with E-state index in [9.17, 15) is 25.1 Å². The zero-order valence-electron chi connectivity index (χ0n) is 24.0. The van der Waals surface area contributed by atoms with E-state index in [4.69, 9.17) is 31.5 Å². The van der Waals surface area contributed by atoms with E-state index in [2.05, 4.69) is 10.1 Å². The van der Waals surface area contributed by atoms with Gasteiger partial charge in [-0.1, -0.05) is 11.6 Å². The first kappa shape index (κ1) is 30.0. The number of aliphatic hydroxyl groups is 2. The molecule has 6 rings (SSSR count). The molecule has 0 bridgehead atoms. The van der Waals surface area contributed by atoms with Crippen LogP contribution in [0.1, 0.15) is 27.3 Å². The number of aliphatic hydroxyl groups excluding tert-OH is 2. The predicted molar refractivity (Wildman–Crippen MR) is 161 cm³/mol. The summed E-state index contributed by atoms with van der Waals surface area (Å²) in [4.78, 5) is 30.7. The van der Waals surface area contributed by atoms with Crippen molar-refractivity contribution in [2.45, 2.75) is 37.3 Å². The third-order valence-corrected chi connectivity index (χ3v) is 8.30. The van der Waals surface area contributed by atoms with E-state index in [0.717, 1.165) is 0 Å². The smallest absolute Gasteiger partial charge is 0.310 e. The molecule has 1 aliphatic rings. The lowest BCUT2D eigenvalue weighted by Gasteiger charge is -2.24. The van der Waals surface area contributed by atoms with Crippen molar-refractivity contribution in [1.82, 2.24) is 19.2 Å². The van der Waals surface area contributed by atoms with Crippen molar-refractivity contribution in [3.05, 3.63) is 88.5 Å². The highest BCUT2D eigenvalue weighted by molar-refractivity contribution is 6.30. The number of rotatable bonds is 7. The second-order valence-corrected chi connectivity index (χ2v) is 11.0. The molecule has 4 N–H and O–H groups in total. The number of carbonyl (C=O) groups excluding carboxylic acids is 2. The number of fused-ring (bicyclic) bond motifs is 2. The van der Waals surface area contributed by atoms with Gasteiger partial charge in [0.25, 0.3) is 5.91 Å². The number of benzene rings is 2. The molecule has 4 heterocycles. The second kappa shape index (κ2) is 11.5. The van der Waals surface area contributed by atoms with Crippen LogP contribution in [0.5, 0.6) is 5.75 Å². The van der Waals surface area contributed by atoms with E-state index in [1.165, 1.54) is 28.6 Å². The van der Waals surface area contributed by atoms with Gasteiger partial charge in [0, 0.05) is 21.7 Å². The first-order chi connectivity index (χ1) is 21.6. The van der Waals surface area contributed by atoms with Crippen molar-refractivity contribution in [3.8, 4) is 11.8 Å². The van der Waals surface area contributed by atoms with Gasteiger partial charge in [-0.05, 0) is 67.1 Å². The van der Waals surface area contributed by atoms with E-state index in [1.807, 2.05) is 6.07 Å². The molecule has 1 aliphatic heterocycles. The fraction of sp³-hybridized carbons (Fsp3) is 0.258. The van der Waals surface area contributed by atoms with Crippen molar-refractivity contribution in [1.29, 1.82) is 5.26 Å². The average Bonchev–Trinajstić information content (AvgIpc) is 3.67. The van der Waals surface area contributed by atoms with Gasteiger partial charge in [-0.2, -0.15) is 10.4 Å². The zero-order chi connectivity index (χ0) is 32.0. The highest BCUT2D eigenvalue weighted by Gasteiger charge is 2.57. The van der Waals surface area contributed by atoms with Crippen LogP contribution < -0.4 is 10.5 Å². The SMILES string of the molecule is COc1ccc2c(c1)c(CC(=O)OC[C@H]1O[C@@](C#N)(c3ccc4c(N)ncnn34)[C@H](O)[C@@H]1O)c(C)n2C(=O)c1ccc(Cl)cc1. The van der Waals surface area contributed by atoms with Gasteiger partial charge in [-0.15, -0.1) is 0 Å². The van der Waals surface area contributed by atoms with Gasteiger partial charge in [0.2, 0.25) is 5.60 Å². The molecule has 0 spiro atoms. The summed E-state index contributed by atoms with van der Waals surface area (Å²) >= 11 is 6.01. The summed E-state index contributed by atoms with van der Waals surface area (Å²) < 4.78 is 19.6. The van der Waals surface area contributed by atoms with Crippen LogP contribution in [0.15, 0.2) is 60.9 Å². The highest BCUT2D eigenvalue weighted by atomic mass is 35.5. The number of carbonyl (C=O) groups is 2. The van der Waals surface area contributed by atoms with Crippen molar-refractivity contribution in [3.63, 3.8) is 0 Å². The van der Waals surface area contributed by atoms with Crippen LogP contribution in [0, 0.1) is 18.3 Å². The Labute approximate surface area is 260 Å². The lowest BCUT2D eigenvalue weighted by Crippen LogP contribution is -2.41. The number of anilines is 1. The number of methoxy groups -OCH3 is 1. The highest BCUT2D eigenvalue weighted by Crippen LogP contribution is 2.40. The average molecular weight is 631 g/mol. The van der Waals surface area contributed by atoms with Crippen LogP contribution in [-0.2, 0) is 26.3 Å². The number of esters is 1. The molecule has 14 heteroatoms. The molecular weight excluding hydrogens is 604 g/mol. The number of hydrogen-bond donors (Lipinski definition) is 3. The lowest BCUT2D eigenvalue weighted by atomic mass is 9.92. The monoisotopic (exact) mass is 630 g/mol. The topological polar surface area (TPSA) is 187 Å². The number of aromatic nitrogens is 4. The molecule has 3 aromatic heterocycles. The first-order valence-electron chi connectivity index (χ1n) is 13.8. The maximum Gasteiger partial charge on any atom is 0.310 e. The second-order valence-electron chi connectivity index (χ2n) is 10.6. The summed E-state index contributed by atoms with van der Waals surface area (Å²) in [5.41, 5.74) is 6.39. The third-order valence-electron chi connectivity index (χ3n) is 8.05. The Bertz CT molecular complexity index is 2000. The minimum atomic E-state index is -2.04. The van der Waals surface area contributed by atoms with Crippen LogP contribution >= 0.6 is 11.6 Å². The van der Waals surface area contributed by atoms with Crippen molar-refractivity contribution >= 4 is 45.7 Å². The van der Waals surface area contributed by atoms with Gasteiger partial charge in [0.05, 0.1) is 24.7 Å². The Morgan fingerprint density at radius 1 is 1.16 bits per heavy atom. The Kier molecular flexibility index (Phi) is 7.67. The minimum absolute atomic E-state index is 0.122. The molecule has 2 aromatic carbocycles. The number of hydrogen-bond acceptors (Lipinski definition) is 11. The van der Waals surface area contributed by atoms with Gasteiger partial charge >= 0.3 is 5.97 Å². The Hall–Kier alpha value is -5.00. The van der Waals surface area contributed by atoms with Crippen LogP contribution in [0.25, 0.3) is 16.4 Å². The summed E-state index contributed by atoms with van der Waals surface area (Å²) in [6.45, 7) is 1.26. The normalized spacial score (nSPS) is 21.2. The molecule has 13 nitrogen and oxygen atoms in total. The summed E-state index contributed by atoms with van der Waals surface area (Å²) in [5.74, 6) is -0.324. The molecule has 0 radical (unpaired) electrons. The van der Waals surface area contributed by atoms with E-state index < -0.39 is 36.5 Å². The fourth-order valence-electron chi connectivity index (χ4n) is 5.72. The number of nitrogens with two attached hydrogens (primary N) is 1. The van der Waals surface area contributed by atoms with E-state index in [-0.39, 0.29) is 23.8 Å². The number of ether oxygens (including phenoxy) is 3. The molecule has 230 valence electrons. The number of nitrogens with zero attached hydrogens (tertiary/aromatic N) is 5. The van der Waals surface area contributed by atoms with Crippen LogP contribution in [-0.4, -0.2) is 73.3 Å². The summed E-state index contributed by atoms with van der Waals surface area (Å²) in [6.07, 6.45) is -3.57. The molecule has 5 aromatic rings. The van der Waals surface area contributed by atoms with Gasteiger partial charge in [0.1, 0.15) is 48.6 Å². The Morgan fingerprint density at radius 2 is 1.89 bits per heavy atom. The standard InChI is InChI=1S/C31H27ClN6O7/c1-16-20(21-11-19(43-2)7-8-22(21)37(16)30(42)17-3-5-18(32)6-4-17)12-26(39)44-13-24-27(40)28(41)31(14-33,45-24)25-10-9-23-29(34)35-15-36-38(23)25/h3-11,15,24,27-28,40-41H,12-13H2,1-2H3,(H2,34,35,36)/t24-,27-,28-,31+/m1/s1. The molecule has 1 saturated heterocycles. The van der Waals surface area contributed by atoms with Gasteiger partial charge < -0.3 is 30.2 Å². The Morgan fingerprint density at radius 3 is 2.60 bits per heavy atom. The number of nitriles is 1. The van der Waals surface area contributed by atoms with Crippen LogP contribution in [0.3, 0.4) is 0 Å². The quantitative estimate of drug-likeness (QED) is 0.224. The first-order valence-corrected chi connectivity index (χ1v) is 14.1. The van der Waals surface area contributed by atoms with Crippen molar-refractivity contribution < 1.29 is 34.0 Å². The van der Waals surface area contributed by atoms with Gasteiger partial charge in [0.15, 0.2) is 5.82 Å². The zero-order valence-corrected chi connectivity index (χ0v) is 24.8. The maximum absolute atomic E-state index is 13.6. The van der Waals surface area contributed by atoms with E-state index >= 15 is 0 Å². The summed E-state index contributed by atoms with van der Waals surface area (Å²) in [5, 5.41) is 37.1. The minimum Gasteiger partial charge on any atom is -0.497 e. The molecule has 4 atom stereocenters. The van der Waals surface area contributed by atoms with Gasteiger partial charge in [-0.3, -0.25) is 14.2 Å². The molecule has 45 heavy (non-hydrogen) atoms. The number of nitrogen functional groups attached to an aromatic ring is 1. The van der Waals surface area contributed by atoms with Gasteiger partial charge in [-0.25, -0.2) is 9.50 Å². The molecular formula is C31H27ClN6O7. The van der Waals surface area contributed by atoms with Crippen molar-refractivity contribution in [2.24, 2.45) is 0 Å². The van der Waals surface area contributed by atoms with Crippen LogP contribution in [0.2, 0.25) is 5.02 Å². The third kappa shape index (κ3) is 4.94. The molecule has 0 saturated carbocycles. The fourth-order valence-corrected chi connectivity index (χ4v) is 5.84. The summed E-state index contributed by atoms with van der Waals surface area (Å²) in [7, 11) is 1.51. The molecule has 0 amide bonds. The number of halogens is 1. The summed E-state index contributed by atoms with van der Waals surface area (Å²) in [6, 6.07) is 16.7.